The lowest BCUT2D eigenvalue weighted by Crippen LogP contribution is -2.21. The Morgan fingerprint density at radius 2 is 1.84 bits per heavy atom. The molecule has 0 atom stereocenters. The van der Waals surface area contributed by atoms with E-state index in [1.165, 1.54) is 6.07 Å². The Bertz CT molecular complexity index is 844. The van der Waals surface area contributed by atoms with Crippen LogP contribution in [-0.4, -0.2) is 26.7 Å². The number of para-hydroxylation sites is 1. The van der Waals surface area contributed by atoms with Gasteiger partial charge in [-0.15, -0.1) is 0 Å². The fraction of sp³-hybridized carbons (Fsp3) is 0.316. The van der Waals surface area contributed by atoms with Crippen molar-refractivity contribution in [3.63, 3.8) is 0 Å². The summed E-state index contributed by atoms with van der Waals surface area (Å²) in [4.78, 5) is 12.3. The minimum atomic E-state index is -3.41. The summed E-state index contributed by atoms with van der Waals surface area (Å²) in [5.74, 6) is 0.534. The average molecular weight is 361 g/mol. The topological polar surface area (TPSA) is 72.5 Å². The van der Waals surface area contributed by atoms with E-state index < -0.39 is 15.7 Å². The lowest BCUT2D eigenvalue weighted by molar-refractivity contribution is -0.118. The molecule has 0 aliphatic rings. The highest BCUT2D eigenvalue weighted by atomic mass is 32.2. The monoisotopic (exact) mass is 361 g/mol. The zero-order valence-corrected chi connectivity index (χ0v) is 15.5. The van der Waals surface area contributed by atoms with Crippen LogP contribution < -0.4 is 10.1 Å². The molecule has 0 aromatic heterocycles. The van der Waals surface area contributed by atoms with E-state index in [0.717, 1.165) is 5.56 Å². The summed E-state index contributed by atoms with van der Waals surface area (Å²) in [6, 6.07) is 13.9. The van der Waals surface area contributed by atoms with Gasteiger partial charge in [-0.1, -0.05) is 45.0 Å². The van der Waals surface area contributed by atoms with Crippen molar-refractivity contribution < 1.29 is 17.9 Å². The number of ether oxygens (including phenoxy) is 1. The van der Waals surface area contributed by atoms with E-state index in [9.17, 15) is 13.2 Å². The Hall–Kier alpha value is -2.34. The van der Waals surface area contributed by atoms with Gasteiger partial charge in [0.15, 0.2) is 16.4 Å². The Labute approximate surface area is 148 Å². The summed E-state index contributed by atoms with van der Waals surface area (Å²) in [5.41, 5.74) is 1.39. The molecule has 0 radical (unpaired) electrons. The second kappa shape index (κ2) is 8.16. The molecule has 5 nitrogen and oxygen atoms in total. The number of benzene rings is 2. The minimum Gasteiger partial charge on any atom is -0.484 e. The molecule has 134 valence electrons. The number of anilines is 1. The third-order valence-corrected chi connectivity index (χ3v) is 5.56. The zero-order chi connectivity index (χ0) is 18.4. The van der Waals surface area contributed by atoms with Gasteiger partial charge < -0.3 is 10.1 Å². The van der Waals surface area contributed by atoms with Crippen LogP contribution in [0.25, 0.3) is 0 Å². The average Bonchev–Trinajstić information content (AvgIpc) is 2.60. The molecule has 6 heteroatoms. The Kier molecular flexibility index (Phi) is 6.20. The first kappa shape index (κ1) is 19.0. The quantitative estimate of drug-likeness (QED) is 0.817. The van der Waals surface area contributed by atoms with Gasteiger partial charge in [-0.2, -0.15) is 0 Å². The SMILES string of the molecule is CCS(=O)(=O)c1ccccc1NC(=O)COc1cccc(C(C)C)c1. The highest BCUT2D eigenvalue weighted by molar-refractivity contribution is 7.91. The maximum absolute atomic E-state index is 12.1. The van der Waals surface area contributed by atoms with Crippen molar-refractivity contribution in [2.24, 2.45) is 0 Å². The van der Waals surface area contributed by atoms with Crippen LogP contribution in [0.3, 0.4) is 0 Å². The predicted molar refractivity (Wildman–Crippen MR) is 98.8 cm³/mol. The van der Waals surface area contributed by atoms with Crippen molar-refractivity contribution in [2.75, 3.05) is 17.7 Å². The third-order valence-electron chi connectivity index (χ3n) is 3.77. The van der Waals surface area contributed by atoms with Crippen LogP contribution in [-0.2, 0) is 14.6 Å². The highest BCUT2D eigenvalue weighted by Gasteiger charge is 2.17. The van der Waals surface area contributed by atoms with Gasteiger partial charge in [0.1, 0.15) is 5.75 Å². The number of hydrogen-bond acceptors (Lipinski definition) is 4. The zero-order valence-electron chi connectivity index (χ0n) is 14.7. The molecule has 0 aliphatic heterocycles. The second-order valence-electron chi connectivity index (χ2n) is 5.96. The number of sulfone groups is 1. The van der Waals surface area contributed by atoms with E-state index in [1.807, 2.05) is 18.2 Å². The van der Waals surface area contributed by atoms with E-state index in [4.69, 9.17) is 4.74 Å². The van der Waals surface area contributed by atoms with Crippen molar-refractivity contribution >= 4 is 21.4 Å². The van der Waals surface area contributed by atoms with Crippen LogP contribution in [0, 0.1) is 0 Å². The molecule has 0 bridgehead atoms. The lowest BCUT2D eigenvalue weighted by atomic mass is 10.0. The van der Waals surface area contributed by atoms with Gasteiger partial charge in [0.25, 0.3) is 5.91 Å². The standard InChI is InChI=1S/C19H23NO4S/c1-4-25(22,23)18-11-6-5-10-17(18)20-19(21)13-24-16-9-7-8-15(12-16)14(2)3/h5-12,14H,4,13H2,1-3H3,(H,20,21). The molecular weight excluding hydrogens is 338 g/mol. The van der Waals surface area contributed by atoms with E-state index in [1.54, 1.807) is 31.2 Å². The molecule has 0 saturated carbocycles. The molecule has 1 N–H and O–H groups in total. The first-order valence-electron chi connectivity index (χ1n) is 8.18. The van der Waals surface area contributed by atoms with Crippen LogP contribution >= 0.6 is 0 Å². The van der Waals surface area contributed by atoms with Gasteiger partial charge in [0.05, 0.1) is 16.3 Å². The smallest absolute Gasteiger partial charge is 0.262 e. The normalized spacial score (nSPS) is 11.4. The Balaban J connectivity index is 2.06. The molecule has 2 aromatic carbocycles. The largest absolute Gasteiger partial charge is 0.484 e. The molecule has 0 unspecified atom stereocenters. The number of amides is 1. The molecule has 2 aromatic rings. The number of nitrogens with one attached hydrogen (secondary N) is 1. The summed E-state index contributed by atoms with van der Waals surface area (Å²) in [6.45, 7) is 5.54. The molecule has 2 rings (SSSR count). The molecule has 0 aliphatic carbocycles. The first-order valence-corrected chi connectivity index (χ1v) is 9.83. The summed E-state index contributed by atoms with van der Waals surface area (Å²) in [5, 5.41) is 2.62. The second-order valence-corrected chi connectivity index (χ2v) is 8.21. The van der Waals surface area contributed by atoms with Crippen molar-refractivity contribution in [1.29, 1.82) is 0 Å². The van der Waals surface area contributed by atoms with E-state index in [-0.39, 0.29) is 22.9 Å². The molecule has 0 spiro atoms. The lowest BCUT2D eigenvalue weighted by Gasteiger charge is -2.12. The Morgan fingerprint density at radius 3 is 2.52 bits per heavy atom. The number of rotatable bonds is 7. The van der Waals surface area contributed by atoms with Crippen molar-refractivity contribution in [1.82, 2.24) is 0 Å². The molecule has 25 heavy (non-hydrogen) atoms. The molecule has 1 amide bonds. The predicted octanol–water partition coefficient (Wildman–Crippen LogP) is 3.62. The number of carbonyl (C=O) groups is 1. The van der Waals surface area contributed by atoms with Gasteiger partial charge in [0.2, 0.25) is 0 Å². The van der Waals surface area contributed by atoms with E-state index in [0.29, 0.717) is 11.7 Å². The highest BCUT2D eigenvalue weighted by Crippen LogP contribution is 2.22. The number of hydrogen-bond donors (Lipinski definition) is 1. The third kappa shape index (κ3) is 5.06. The fourth-order valence-electron chi connectivity index (χ4n) is 2.30. The van der Waals surface area contributed by atoms with Gasteiger partial charge in [0, 0.05) is 0 Å². The summed E-state index contributed by atoms with van der Waals surface area (Å²) >= 11 is 0. The maximum atomic E-state index is 12.1. The minimum absolute atomic E-state index is 0.0294. The Morgan fingerprint density at radius 1 is 1.12 bits per heavy atom. The van der Waals surface area contributed by atoms with Crippen LogP contribution in [0.4, 0.5) is 5.69 Å². The number of carbonyl (C=O) groups excluding carboxylic acids is 1. The van der Waals surface area contributed by atoms with Crippen LogP contribution in [0.5, 0.6) is 5.75 Å². The van der Waals surface area contributed by atoms with Gasteiger partial charge in [-0.25, -0.2) is 8.42 Å². The summed E-state index contributed by atoms with van der Waals surface area (Å²) < 4.78 is 29.7. The molecule has 0 saturated heterocycles. The van der Waals surface area contributed by atoms with Crippen molar-refractivity contribution in [3.8, 4) is 5.75 Å². The van der Waals surface area contributed by atoms with Crippen molar-refractivity contribution in [3.05, 3.63) is 54.1 Å². The van der Waals surface area contributed by atoms with E-state index >= 15 is 0 Å². The van der Waals surface area contributed by atoms with Crippen LogP contribution in [0.15, 0.2) is 53.4 Å². The van der Waals surface area contributed by atoms with Crippen LogP contribution in [0.2, 0.25) is 0 Å². The fourth-order valence-corrected chi connectivity index (χ4v) is 3.35. The van der Waals surface area contributed by atoms with Gasteiger partial charge in [-0.3, -0.25) is 4.79 Å². The summed E-state index contributed by atoms with van der Waals surface area (Å²) in [6.07, 6.45) is 0. The van der Waals surface area contributed by atoms with Crippen molar-refractivity contribution in [2.45, 2.75) is 31.6 Å². The van der Waals surface area contributed by atoms with Gasteiger partial charge in [-0.05, 0) is 35.7 Å². The molecular formula is C19H23NO4S. The first-order chi connectivity index (χ1) is 11.8. The van der Waals surface area contributed by atoms with Gasteiger partial charge >= 0.3 is 0 Å². The maximum Gasteiger partial charge on any atom is 0.262 e. The van der Waals surface area contributed by atoms with Crippen LogP contribution in [0.1, 0.15) is 32.3 Å². The van der Waals surface area contributed by atoms with E-state index in [2.05, 4.69) is 19.2 Å². The molecule has 0 fully saturated rings. The summed E-state index contributed by atoms with van der Waals surface area (Å²) in [7, 11) is -3.41. The molecule has 0 heterocycles.